The lowest BCUT2D eigenvalue weighted by molar-refractivity contribution is -0.132. The van der Waals surface area contributed by atoms with E-state index in [0.717, 1.165) is 48.1 Å². The van der Waals surface area contributed by atoms with E-state index in [-0.39, 0.29) is 5.91 Å². The van der Waals surface area contributed by atoms with Gasteiger partial charge in [0.1, 0.15) is 0 Å². The van der Waals surface area contributed by atoms with Gasteiger partial charge < -0.3 is 9.88 Å². The van der Waals surface area contributed by atoms with Crippen LogP contribution in [0.5, 0.6) is 0 Å². The number of rotatable bonds is 4. The van der Waals surface area contributed by atoms with Crippen LogP contribution >= 0.6 is 0 Å². The minimum absolute atomic E-state index is 0.231. The van der Waals surface area contributed by atoms with Gasteiger partial charge in [0.15, 0.2) is 0 Å². The van der Waals surface area contributed by atoms with E-state index >= 15 is 0 Å². The first-order valence-corrected chi connectivity index (χ1v) is 8.60. The lowest BCUT2D eigenvalue weighted by Gasteiger charge is -2.32. The Bertz CT molecular complexity index is 821. The maximum Gasteiger partial charge on any atom is 0.227 e. The Morgan fingerprint density at radius 1 is 1.29 bits per heavy atom. The van der Waals surface area contributed by atoms with Gasteiger partial charge in [0, 0.05) is 42.1 Å². The molecule has 0 saturated carbocycles. The van der Waals surface area contributed by atoms with E-state index in [9.17, 15) is 4.79 Å². The number of H-pyrrole nitrogens is 2. The van der Waals surface area contributed by atoms with Gasteiger partial charge >= 0.3 is 0 Å². The summed E-state index contributed by atoms with van der Waals surface area (Å²) in [6.07, 6.45) is 7.46. The van der Waals surface area contributed by atoms with Crippen molar-refractivity contribution in [1.82, 2.24) is 20.1 Å². The highest BCUT2D eigenvalue weighted by atomic mass is 16.2. The normalized spacial score (nSPS) is 18.2. The molecule has 1 saturated heterocycles. The molecule has 1 amide bonds. The van der Waals surface area contributed by atoms with Crippen LogP contribution in [-0.4, -0.2) is 39.1 Å². The molecular formula is C19H22N4O. The van der Waals surface area contributed by atoms with Crippen molar-refractivity contribution in [1.29, 1.82) is 0 Å². The molecule has 0 spiro atoms. The third kappa shape index (κ3) is 3.07. The van der Waals surface area contributed by atoms with E-state index in [4.69, 9.17) is 0 Å². The SMILES string of the molecule is O=C(Cc1c[nH]c2ccccc12)N1CCC[C@@H](Cc2ccn[nH]2)C1. The smallest absolute Gasteiger partial charge is 0.227 e. The Hall–Kier alpha value is -2.56. The van der Waals surface area contributed by atoms with Crippen molar-refractivity contribution in [2.45, 2.75) is 25.7 Å². The van der Waals surface area contributed by atoms with Crippen LogP contribution in [0.15, 0.2) is 42.7 Å². The second-order valence-corrected chi connectivity index (χ2v) is 6.67. The third-order valence-corrected chi connectivity index (χ3v) is 4.96. The Morgan fingerprint density at radius 2 is 2.21 bits per heavy atom. The summed E-state index contributed by atoms with van der Waals surface area (Å²) in [6, 6.07) is 10.2. The van der Waals surface area contributed by atoms with Gasteiger partial charge in [-0.2, -0.15) is 5.10 Å². The van der Waals surface area contributed by atoms with Crippen LogP contribution in [0.25, 0.3) is 10.9 Å². The summed E-state index contributed by atoms with van der Waals surface area (Å²) >= 11 is 0. The number of hydrogen-bond acceptors (Lipinski definition) is 2. The number of aromatic amines is 2. The molecule has 24 heavy (non-hydrogen) atoms. The summed E-state index contributed by atoms with van der Waals surface area (Å²) in [7, 11) is 0. The molecule has 1 aliphatic rings. The van der Waals surface area contributed by atoms with Crippen molar-refractivity contribution >= 4 is 16.8 Å². The molecule has 0 unspecified atom stereocenters. The highest BCUT2D eigenvalue weighted by Gasteiger charge is 2.24. The topological polar surface area (TPSA) is 64.8 Å². The van der Waals surface area contributed by atoms with Crippen molar-refractivity contribution in [3.8, 4) is 0 Å². The Kier molecular flexibility index (Phi) is 4.07. The molecule has 4 rings (SSSR count). The fourth-order valence-corrected chi connectivity index (χ4v) is 3.72. The minimum Gasteiger partial charge on any atom is -0.361 e. The zero-order chi connectivity index (χ0) is 16.4. The second kappa shape index (κ2) is 6.51. The number of nitrogens with one attached hydrogen (secondary N) is 2. The van der Waals surface area contributed by atoms with E-state index in [1.54, 1.807) is 6.20 Å². The predicted molar refractivity (Wildman–Crippen MR) is 93.6 cm³/mol. The van der Waals surface area contributed by atoms with E-state index in [1.807, 2.05) is 35.4 Å². The monoisotopic (exact) mass is 322 g/mol. The van der Waals surface area contributed by atoms with E-state index in [2.05, 4.69) is 21.2 Å². The van der Waals surface area contributed by atoms with Crippen LogP contribution in [0.2, 0.25) is 0 Å². The van der Waals surface area contributed by atoms with Gasteiger partial charge in [0.25, 0.3) is 0 Å². The molecule has 2 N–H and O–H groups in total. The van der Waals surface area contributed by atoms with Crippen LogP contribution in [0, 0.1) is 5.92 Å². The first kappa shape index (κ1) is 15.0. The number of piperidine rings is 1. The van der Waals surface area contributed by atoms with Gasteiger partial charge in [0.2, 0.25) is 5.91 Å². The van der Waals surface area contributed by atoms with Crippen molar-refractivity contribution in [3.05, 3.63) is 54.0 Å². The van der Waals surface area contributed by atoms with Gasteiger partial charge in [-0.3, -0.25) is 9.89 Å². The van der Waals surface area contributed by atoms with Gasteiger partial charge in [-0.1, -0.05) is 18.2 Å². The number of likely N-dealkylation sites (tertiary alicyclic amines) is 1. The number of hydrogen-bond donors (Lipinski definition) is 2. The second-order valence-electron chi connectivity index (χ2n) is 6.67. The zero-order valence-electron chi connectivity index (χ0n) is 13.7. The molecule has 5 heteroatoms. The standard InChI is InChI=1S/C19H22N4O/c24-19(11-15-12-20-18-6-2-1-5-17(15)18)23-9-3-4-14(13-23)10-16-7-8-21-22-16/h1-2,5-8,12,14,20H,3-4,9-11,13H2,(H,21,22)/t14-/m0/s1. The average molecular weight is 322 g/mol. The molecule has 3 heterocycles. The van der Waals surface area contributed by atoms with Gasteiger partial charge in [-0.25, -0.2) is 0 Å². The molecule has 1 aromatic carbocycles. The molecule has 1 fully saturated rings. The molecule has 0 aliphatic carbocycles. The molecule has 1 atom stereocenters. The van der Waals surface area contributed by atoms with Crippen LogP contribution in [0.1, 0.15) is 24.1 Å². The molecular weight excluding hydrogens is 300 g/mol. The summed E-state index contributed by atoms with van der Waals surface area (Å²) in [5, 5.41) is 8.19. The number of carbonyl (C=O) groups excluding carboxylic acids is 1. The highest BCUT2D eigenvalue weighted by Crippen LogP contribution is 2.23. The fraction of sp³-hybridized carbons (Fsp3) is 0.368. The molecule has 0 radical (unpaired) electrons. The number of para-hydroxylation sites is 1. The first-order chi connectivity index (χ1) is 11.8. The first-order valence-electron chi connectivity index (χ1n) is 8.60. The van der Waals surface area contributed by atoms with Gasteiger partial charge in [-0.05, 0) is 42.9 Å². The van der Waals surface area contributed by atoms with Crippen LogP contribution in [0.4, 0.5) is 0 Å². The maximum atomic E-state index is 12.7. The van der Waals surface area contributed by atoms with E-state index < -0.39 is 0 Å². The number of aromatic nitrogens is 3. The van der Waals surface area contributed by atoms with Crippen molar-refractivity contribution < 1.29 is 4.79 Å². The lowest BCUT2D eigenvalue weighted by Crippen LogP contribution is -2.41. The third-order valence-electron chi connectivity index (χ3n) is 4.96. The van der Waals surface area contributed by atoms with Gasteiger partial charge in [-0.15, -0.1) is 0 Å². The molecule has 1 aliphatic heterocycles. The number of nitrogens with zero attached hydrogens (tertiary/aromatic N) is 2. The summed E-state index contributed by atoms with van der Waals surface area (Å²) in [4.78, 5) is 18.0. The van der Waals surface area contributed by atoms with Crippen molar-refractivity contribution in [3.63, 3.8) is 0 Å². The number of benzene rings is 1. The van der Waals surface area contributed by atoms with Crippen molar-refractivity contribution in [2.75, 3.05) is 13.1 Å². The van der Waals surface area contributed by atoms with E-state index in [1.165, 1.54) is 6.42 Å². The average Bonchev–Trinajstić information content (AvgIpc) is 3.25. The molecule has 0 bridgehead atoms. The molecule has 3 aromatic rings. The van der Waals surface area contributed by atoms with Crippen LogP contribution < -0.4 is 0 Å². The van der Waals surface area contributed by atoms with Gasteiger partial charge in [0.05, 0.1) is 6.42 Å². The molecule has 124 valence electrons. The summed E-state index contributed by atoms with van der Waals surface area (Å²) < 4.78 is 0. The molecule has 5 nitrogen and oxygen atoms in total. The largest absolute Gasteiger partial charge is 0.361 e. The quantitative estimate of drug-likeness (QED) is 0.776. The maximum absolute atomic E-state index is 12.7. The number of amides is 1. The molecule has 2 aromatic heterocycles. The number of carbonyl (C=O) groups is 1. The zero-order valence-corrected chi connectivity index (χ0v) is 13.7. The van der Waals surface area contributed by atoms with Crippen LogP contribution in [-0.2, 0) is 17.6 Å². The Morgan fingerprint density at radius 3 is 3.08 bits per heavy atom. The summed E-state index contributed by atoms with van der Waals surface area (Å²) in [5.74, 6) is 0.750. The van der Waals surface area contributed by atoms with Crippen LogP contribution in [0.3, 0.4) is 0 Å². The highest BCUT2D eigenvalue weighted by molar-refractivity contribution is 5.88. The number of fused-ring (bicyclic) bond motifs is 1. The van der Waals surface area contributed by atoms with Crippen molar-refractivity contribution in [2.24, 2.45) is 5.92 Å². The Labute approximate surface area is 141 Å². The fourth-order valence-electron chi connectivity index (χ4n) is 3.72. The predicted octanol–water partition coefficient (Wildman–Crippen LogP) is 2.91. The van der Waals surface area contributed by atoms with E-state index in [0.29, 0.717) is 12.3 Å². The lowest BCUT2D eigenvalue weighted by atomic mass is 9.93. The summed E-state index contributed by atoms with van der Waals surface area (Å²) in [5.41, 5.74) is 3.34. The Balaban J connectivity index is 1.42. The summed E-state index contributed by atoms with van der Waals surface area (Å²) in [6.45, 7) is 1.72. The minimum atomic E-state index is 0.231.